The Morgan fingerprint density at radius 3 is 2.08 bits per heavy atom. The van der Waals surface area contributed by atoms with Gasteiger partial charge in [0.1, 0.15) is 0 Å². The van der Waals surface area contributed by atoms with Gasteiger partial charge < -0.3 is 10.6 Å². The average molecular weight is 648 g/mol. The van der Waals surface area contributed by atoms with Crippen LogP contribution < -0.4 is 10.6 Å². The van der Waals surface area contributed by atoms with Crippen LogP contribution in [0.2, 0.25) is 0 Å². The topological polar surface area (TPSA) is 75.3 Å². The van der Waals surface area contributed by atoms with E-state index in [0.717, 1.165) is 12.1 Å². The summed E-state index contributed by atoms with van der Waals surface area (Å²) >= 11 is 1.86. The first-order valence-electron chi connectivity index (χ1n) is 10.3. The highest BCUT2D eigenvalue weighted by molar-refractivity contribution is 14.1. The molecule has 2 rings (SSSR count). The van der Waals surface area contributed by atoms with Crippen LogP contribution in [0.5, 0.6) is 0 Å². The maximum Gasteiger partial charge on any atom is 0.404 e. The molecule has 36 heavy (non-hydrogen) atoms. The number of hydrogen-bond acceptors (Lipinski definition) is 3. The standard InChI is InChI=1S/C23H23F6IN2O3S/c1-12-10-13(18(22(24,25)26)23(27,28)29)8-9-16(12)31-19(33)14-6-5-7-15(30)17(14)20(34)32-21(2,3)11-36(4)35/h5-10,18H,11H2,1-4H3,(H,31,33)(H,32,34). The number of alkyl halides is 6. The third-order valence-corrected chi connectivity index (χ3v) is 7.02. The van der Waals surface area contributed by atoms with Crippen molar-refractivity contribution in [1.29, 1.82) is 0 Å². The van der Waals surface area contributed by atoms with Crippen LogP contribution >= 0.6 is 22.6 Å². The minimum atomic E-state index is -5.55. The number of hydrogen-bond donors (Lipinski definition) is 2. The number of rotatable bonds is 7. The lowest BCUT2D eigenvalue weighted by atomic mass is 9.95. The van der Waals surface area contributed by atoms with Crippen molar-refractivity contribution in [2.45, 2.75) is 44.6 Å². The van der Waals surface area contributed by atoms with E-state index in [9.17, 15) is 40.1 Å². The van der Waals surface area contributed by atoms with Gasteiger partial charge in [0.2, 0.25) is 0 Å². The molecule has 0 saturated carbocycles. The molecule has 0 radical (unpaired) electrons. The summed E-state index contributed by atoms with van der Waals surface area (Å²) in [7, 11) is -1.21. The molecule has 0 aliphatic carbocycles. The molecule has 0 aliphatic rings. The summed E-state index contributed by atoms with van der Waals surface area (Å²) in [6.45, 7) is 4.60. The zero-order valence-electron chi connectivity index (χ0n) is 19.5. The molecule has 0 fully saturated rings. The number of carbonyl (C=O) groups is 2. The van der Waals surface area contributed by atoms with Crippen LogP contribution in [0.3, 0.4) is 0 Å². The van der Waals surface area contributed by atoms with E-state index in [0.29, 0.717) is 9.64 Å². The SMILES string of the molecule is Cc1cc(C(C(F)(F)F)C(F)(F)F)ccc1NC(=O)c1cccc(I)c1C(=O)NC(C)(C)CS(C)=O. The van der Waals surface area contributed by atoms with Gasteiger partial charge >= 0.3 is 12.4 Å². The minimum Gasteiger partial charge on any atom is -0.346 e. The Kier molecular flexibility index (Phi) is 9.25. The molecule has 0 bridgehead atoms. The lowest BCUT2D eigenvalue weighted by Crippen LogP contribution is -2.47. The van der Waals surface area contributed by atoms with E-state index in [1.54, 1.807) is 19.9 Å². The third kappa shape index (κ3) is 7.67. The van der Waals surface area contributed by atoms with Crippen molar-refractivity contribution < 1.29 is 40.1 Å². The molecule has 2 amide bonds. The summed E-state index contributed by atoms with van der Waals surface area (Å²) in [4.78, 5) is 26.0. The second kappa shape index (κ2) is 11.1. The predicted molar refractivity (Wildman–Crippen MR) is 134 cm³/mol. The van der Waals surface area contributed by atoms with Crippen LogP contribution in [0.15, 0.2) is 36.4 Å². The highest BCUT2D eigenvalue weighted by atomic mass is 127. The van der Waals surface area contributed by atoms with Crippen molar-refractivity contribution in [3.05, 3.63) is 62.2 Å². The van der Waals surface area contributed by atoms with Gasteiger partial charge in [-0.2, -0.15) is 26.3 Å². The molecule has 1 unspecified atom stereocenters. The van der Waals surface area contributed by atoms with E-state index >= 15 is 0 Å². The summed E-state index contributed by atoms with van der Waals surface area (Å²) in [5, 5.41) is 5.19. The van der Waals surface area contributed by atoms with Gasteiger partial charge in [0, 0.05) is 37.6 Å². The molecule has 0 spiro atoms. The lowest BCUT2D eigenvalue weighted by molar-refractivity contribution is -0.253. The van der Waals surface area contributed by atoms with Crippen molar-refractivity contribution >= 4 is 50.9 Å². The number of amides is 2. The van der Waals surface area contributed by atoms with E-state index in [1.165, 1.54) is 25.3 Å². The fourth-order valence-electron chi connectivity index (χ4n) is 3.62. The zero-order chi connectivity index (χ0) is 27.6. The molecular weight excluding hydrogens is 625 g/mol. The average Bonchev–Trinajstić information content (AvgIpc) is 2.65. The lowest BCUT2D eigenvalue weighted by Gasteiger charge is -2.26. The number of halogens is 7. The fourth-order valence-corrected chi connectivity index (χ4v) is 5.45. The molecular formula is C23H23F6IN2O3S. The van der Waals surface area contributed by atoms with E-state index in [2.05, 4.69) is 10.6 Å². The summed E-state index contributed by atoms with van der Waals surface area (Å²) in [5.74, 6) is -4.90. The third-order valence-electron chi connectivity index (χ3n) is 4.99. The summed E-state index contributed by atoms with van der Waals surface area (Å²) in [6.07, 6.45) is -9.61. The van der Waals surface area contributed by atoms with Gasteiger partial charge in [-0.1, -0.05) is 18.2 Å². The second-order valence-electron chi connectivity index (χ2n) is 8.76. The Bertz CT molecular complexity index is 1170. The van der Waals surface area contributed by atoms with E-state index in [4.69, 9.17) is 0 Å². The number of nitrogens with one attached hydrogen (secondary N) is 2. The van der Waals surface area contributed by atoms with Crippen molar-refractivity contribution in [2.24, 2.45) is 0 Å². The van der Waals surface area contributed by atoms with E-state index in [1.807, 2.05) is 22.6 Å². The molecule has 0 saturated heterocycles. The highest BCUT2D eigenvalue weighted by Gasteiger charge is 2.57. The van der Waals surface area contributed by atoms with Crippen molar-refractivity contribution in [2.75, 3.05) is 17.3 Å². The Labute approximate surface area is 220 Å². The Hall–Kier alpha value is -2.16. The molecule has 5 nitrogen and oxygen atoms in total. The van der Waals surface area contributed by atoms with Crippen molar-refractivity contribution in [1.82, 2.24) is 5.32 Å². The van der Waals surface area contributed by atoms with E-state index < -0.39 is 52.0 Å². The van der Waals surface area contributed by atoms with Crippen LogP contribution in [0.25, 0.3) is 0 Å². The Morgan fingerprint density at radius 2 is 1.58 bits per heavy atom. The maximum absolute atomic E-state index is 13.1. The molecule has 2 aromatic rings. The van der Waals surface area contributed by atoms with Crippen LogP contribution in [0, 0.1) is 10.5 Å². The van der Waals surface area contributed by atoms with Gasteiger partial charge in [0.25, 0.3) is 11.8 Å². The van der Waals surface area contributed by atoms with Gasteiger partial charge in [0.15, 0.2) is 5.92 Å². The monoisotopic (exact) mass is 648 g/mol. The fraction of sp³-hybridized carbons (Fsp3) is 0.391. The van der Waals surface area contributed by atoms with Gasteiger partial charge in [-0.05, 0) is 72.7 Å². The highest BCUT2D eigenvalue weighted by Crippen LogP contribution is 2.46. The summed E-state index contributed by atoms with van der Waals surface area (Å²) in [5.41, 5.74) is -1.94. The van der Waals surface area contributed by atoms with Crippen LogP contribution in [-0.4, -0.2) is 45.9 Å². The summed E-state index contributed by atoms with van der Waals surface area (Å²) < 4.78 is 90.4. The number of benzene rings is 2. The maximum atomic E-state index is 13.1. The molecule has 0 aliphatic heterocycles. The van der Waals surface area contributed by atoms with Gasteiger partial charge in [0.05, 0.1) is 11.1 Å². The number of anilines is 1. The van der Waals surface area contributed by atoms with Crippen molar-refractivity contribution in [3.63, 3.8) is 0 Å². The number of aryl methyl sites for hydroxylation is 1. The van der Waals surface area contributed by atoms with Crippen molar-refractivity contribution in [3.8, 4) is 0 Å². The number of carbonyl (C=O) groups excluding carboxylic acids is 2. The minimum absolute atomic E-state index is 0.0150. The van der Waals surface area contributed by atoms with Gasteiger partial charge in [-0.3, -0.25) is 13.8 Å². The molecule has 2 aromatic carbocycles. The smallest absolute Gasteiger partial charge is 0.346 e. The zero-order valence-corrected chi connectivity index (χ0v) is 22.5. The van der Waals surface area contributed by atoms with E-state index in [-0.39, 0.29) is 28.1 Å². The first kappa shape index (κ1) is 30.1. The normalized spacial score (nSPS) is 13.4. The second-order valence-corrected chi connectivity index (χ2v) is 11.4. The molecule has 1 atom stereocenters. The van der Waals surface area contributed by atoms with Gasteiger partial charge in [-0.25, -0.2) is 0 Å². The van der Waals surface area contributed by atoms with Crippen LogP contribution in [0.4, 0.5) is 32.0 Å². The van der Waals surface area contributed by atoms with Gasteiger partial charge in [-0.15, -0.1) is 0 Å². The largest absolute Gasteiger partial charge is 0.404 e. The van der Waals surface area contributed by atoms with Crippen LogP contribution in [-0.2, 0) is 10.8 Å². The Morgan fingerprint density at radius 1 is 1.00 bits per heavy atom. The quantitative estimate of drug-likeness (QED) is 0.288. The first-order valence-corrected chi connectivity index (χ1v) is 13.1. The molecule has 0 aromatic heterocycles. The molecule has 198 valence electrons. The predicted octanol–water partition coefficient (Wildman–Crippen LogP) is 5.95. The molecule has 13 heteroatoms. The first-order chi connectivity index (χ1) is 16.3. The van der Waals surface area contributed by atoms with Crippen LogP contribution in [0.1, 0.15) is 51.6 Å². The molecule has 0 heterocycles. The Balaban J connectivity index is 2.38. The molecule has 2 N–H and O–H groups in total. The summed E-state index contributed by atoms with van der Waals surface area (Å²) in [6, 6.07) is 6.81.